The van der Waals surface area contributed by atoms with E-state index in [4.69, 9.17) is 0 Å². The van der Waals surface area contributed by atoms with Gasteiger partial charge in [-0.1, -0.05) is 26.0 Å². The normalized spacial score (nSPS) is 10.4. The van der Waals surface area contributed by atoms with Crippen molar-refractivity contribution in [1.82, 2.24) is 10.6 Å². The second-order valence-corrected chi connectivity index (χ2v) is 7.38. The molecule has 0 saturated carbocycles. The molecule has 0 saturated heterocycles. The van der Waals surface area contributed by atoms with Crippen LogP contribution in [0.15, 0.2) is 48.5 Å². The maximum Gasteiger partial charge on any atom is 0.252 e. The van der Waals surface area contributed by atoms with Crippen molar-refractivity contribution in [2.24, 2.45) is 5.92 Å². The first kappa shape index (κ1) is 20.9. The van der Waals surface area contributed by atoms with Crippen LogP contribution in [0.1, 0.15) is 34.6 Å². The molecule has 0 unspecified atom stereocenters. The summed E-state index contributed by atoms with van der Waals surface area (Å²) < 4.78 is 0.876. The third-order valence-corrected chi connectivity index (χ3v) is 4.69. The van der Waals surface area contributed by atoms with Crippen LogP contribution in [0, 0.1) is 9.49 Å². The van der Waals surface area contributed by atoms with E-state index < -0.39 is 0 Å². The number of halogens is 1. The average Bonchev–Trinajstić information content (AvgIpc) is 2.65. The summed E-state index contributed by atoms with van der Waals surface area (Å²) >= 11 is 2.11. The summed E-state index contributed by atoms with van der Waals surface area (Å²) in [6.45, 7) is 4.28. The molecular formula is C20H22IN3O3. The summed E-state index contributed by atoms with van der Waals surface area (Å²) in [7, 11) is 0. The third-order valence-electron chi connectivity index (χ3n) is 3.75. The second kappa shape index (κ2) is 10.1. The monoisotopic (exact) mass is 479 g/mol. The number of benzene rings is 2. The predicted molar refractivity (Wildman–Crippen MR) is 114 cm³/mol. The molecule has 3 amide bonds. The van der Waals surface area contributed by atoms with Gasteiger partial charge in [-0.25, -0.2) is 0 Å². The van der Waals surface area contributed by atoms with Gasteiger partial charge in [0.15, 0.2) is 0 Å². The number of amides is 3. The van der Waals surface area contributed by atoms with E-state index in [0.29, 0.717) is 29.9 Å². The van der Waals surface area contributed by atoms with Crippen LogP contribution in [0.3, 0.4) is 0 Å². The Morgan fingerprint density at radius 3 is 2.07 bits per heavy atom. The molecule has 6 nitrogen and oxygen atoms in total. The van der Waals surface area contributed by atoms with Crippen molar-refractivity contribution in [3.63, 3.8) is 0 Å². The van der Waals surface area contributed by atoms with Crippen LogP contribution >= 0.6 is 22.6 Å². The lowest BCUT2D eigenvalue weighted by atomic mass is 10.1. The van der Waals surface area contributed by atoms with E-state index in [1.54, 1.807) is 30.3 Å². The van der Waals surface area contributed by atoms with Gasteiger partial charge in [-0.2, -0.15) is 0 Å². The molecule has 0 radical (unpaired) electrons. The van der Waals surface area contributed by atoms with E-state index in [-0.39, 0.29) is 23.6 Å². The zero-order valence-corrected chi connectivity index (χ0v) is 17.4. The fraction of sp³-hybridized carbons (Fsp3) is 0.250. The molecule has 2 aromatic carbocycles. The Morgan fingerprint density at radius 1 is 0.889 bits per heavy atom. The molecule has 3 N–H and O–H groups in total. The van der Waals surface area contributed by atoms with Crippen molar-refractivity contribution in [2.45, 2.75) is 13.8 Å². The molecular weight excluding hydrogens is 457 g/mol. The summed E-state index contributed by atoms with van der Waals surface area (Å²) in [6.07, 6.45) is 0. The smallest absolute Gasteiger partial charge is 0.252 e. The van der Waals surface area contributed by atoms with Crippen LogP contribution in [-0.4, -0.2) is 30.8 Å². The van der Waals surface area contributed by atoms with Gasteiger partial charge in [-0.05, 0) is 59.0 Å². The van der Waals surface area contributed by atoms with Gasteiger partial charge in [0, 0.05) is 33.8 Å². The zero-order chi connectivity index (χ0) is 19.8. The van der Waals surface area contributed by atoms with Crippen LogP contribution in [-0.2, 0) is 4.79 Å². The summed E-state index contributed by atoms with van der Waals surface area (Å²) in [5, 5.41) is 8.31. The molecule has 0 aromatic heterocycles. The fourth-order valence-corrected chi connectivity index (χ4v) is 2.82. The van der Waals surface area contributed by atoms with E-state index in [0.717, 1.165) is 3.57 Å². The van der Waals surface area contributed by atoms with Crippen LogP contribution in [0.2, 0.25) is 0 Å². The lowest BCUT2D eigenvalue weighted by Crippen LogP contribution is -2.34. The molecule has 0 aliphatic carbocycles. The average molecular weight is 479 g/mol. The highest BCUT2D eigenvalue weighted by atomic mass is 127. The number of hydrogen-bond acceptors (Lipinski definition) is 3. The molecule has 0 atom stereocenters. The summed E-state index contributed by atoms with van der Waals surface area (Å²) in [5.74, 6) is -0.585. The third kappa shape index (κ3) is 6.35. The standard InChI is InChI=1S/C20H22IN3O3/c1-13(2)18(25)24-15-9-7-14(8-10-15)19(26)22-11-12-23-20(27)16-5-3-4-6-17(16)21/h3-10,13H,11-12H2,1-2H3,(H,22,26)(H,23,27)(H,24,25). The lowest BCUT2D eigenvalue weighted by Gasteiger charge is -2.10. The van der Waals surface area contributed by atoms with Gasteiger partial charge in [0.2, 0.25) is 5.91 Å². The van der Waals surface area contributed by atoms with Crippen LogP contribution in [0.4, 0.5) is 5.69 Å². The van der Waals surface area contributed by atoms with Crippen molar-refractivity contribution in [2.75, 3.05) is 18.4 Å². The summed E-state index contributed by atoms with van der Waals surface area (Å²) in [5.41, 5.74) is 1.75. The van der Waals surface area contributed by atoms with Gasteiger partial charge in [-0.15, -0.1) is 0 Å². The molecule has 0 fully saturated rings. The summed E-state index contributed by atoms with van der Waals surface area (Å²) in [6, 6.07) is 14.0. The number of carbonyl (C=O) groups excluding carboxylic acids is 3. The van der Waals surface area contributed by atoms with Gasteiger partial charge in [0.05, 0.1) is 5.56 Å². The van der Waals surface area contributed by atoms with Crippen molar-refractivity contribution in [1.29, 1.82) is 0 Å². The first-order chi connectivity index (χ1) is 12.9. The Labute approximate surface area is 172 Å². The van der Waals surface area contributed by atoms with Gasteiger partial charge in [0.25, 0.3) is 11.8 Å². The molecule has 0 heterocycles. The molecule has 142 valence electrons. The van der Waals surface area contributed by atoms with Crippen LogP contribution in [0.5, 0.6) is 0 Å². The van der Waals surface area contributed by atoms with Crippen LogP contribution < -0.4 is 16.0 Å². The van der Waals surface area contributed by atoms with Gasteiger partial charge in [0.1, 0.15) is 0 Å². The maximum absolute atomic E-state index is 12.1. The number of anilines is 1. The van der Waals surface area contributed by atoms with E-state index in [9.17, 15) is 14.4 Å². The Balaban J connectivity index is 1.78. The maximum atomic E-state index is 12.1. The Morgan fingerprint density at radius 2 is 1.48 bits per heavy atom. The van der Waals surface area contributed by atoms with E-state index in [1.807, 2.05) is 32.0 Å². The molecule has 7 heteroatoms. The zero-order valence-electron chi connectivity index (χ0n) is 15.2. The molecule has 0 bridgehead atoms. The molecule has 0 aliphatic heterocycles. The molecule has 2 rings (SSSR count). The Hall–Kier alpha value is -2.42. The fourth-order valence-electron chi connectivity index (χ4n) is 2.19. The topological polar surface area (TPSA) is 87.3 Å². The van der Waals surface area contributed by atoms with Crippen molar-refractivity contribution in [3.8, 4) is 0 Å². The molecule has 0 spiro atoms. The first-order valence-corrected chi connectivity index (χ1v) is 9.68. The number of hydrogen-bond donors (Lipinski definition) is 3. The van der Waals surface area contributed by atoms with Gasteiger partial charge in [-0.3, -0.25) is 14.4 Å². The minimum absolute atomic E-state index is 0.0731. The van der Waals surface area contributed by atoms with E-state index >= 15 is 0 Å². The number of nitrogens with one attached hydrogen (secondary N) is 3. The molecule has 2 aromatic rings. The number of carbonyl (C=O) groups is 3. The van der Waals surface area contributed by atoms with Crippen molar-refractivity contribution < 1.29 is 14.4 Å². The Kier molecular flexibility index (Phi) is 7.78. The highest BCUT2D eigenvalue weighted by Gasteiger charge is 2.10. The lowest BCUT2D eigenvalue weighted by molar-refractivity contribution is -0.118. The highest BCUT2D eigenvalue weighted by Crippen LogP contribution is 2.12. The second-order valence-electron chi connectivity index (χ2n) is 6.21. The van der Waals surface area contributed by atoms with Crippen molar-refractivity contribution >= 4 is 46.0 Å². The predicted octanol–water partition coefficient (Wildman–Crippen LogP) is 3.05. The van der Waals surface area contributed by atoms with E-state index in [2.05, 4.69) is 38.5 Å². The van der Waals surface area contributed by atoms with Crippen molar-refractivity contribution in [3.05, 3.63) is 63.2 Å². The molecule has 27 heavy (non-hydrogen) atoms. The first-order valence-electron chi connectivity index (χ1n) is 8.60. The Bertz CT molecular complexity index is 819. The van der Waals surface area contributed by atoms with Gasteiger partial charge >= 0.3 is 0 Å². The largest absolute Gasteiger partial charge is 0.350 e. The quantitative estimate of drug-likeness (QED) is 0.422. The minimum Gasteiger partial charge on any atom is -0.350 e. The van der Waals surface area contributed by atoms with Gasteiger partial charge < -0.3 is 16.0 Å². The SMILES string of the molecule is CC(C)C(=O)Nc1ccc(C(=O)NCCNC(=O)c2ccccc2I)cc1. The highest BCUT2D eigenvalue weighted by molar-refractivity contribution is 14.1. The minimum atomic E-state index is -0.236. The summed E-state index contributed by atoms with van der Waals surface area (Å²) in [4.78, 5) is 35.9. The number of rotatable bonds is 7. The van der Waals surface area contributed by atoms with E-state index in [1.165, 1.54) is 0 Å². The van der Waals surface area contributed by atoms with Crippen LogP contribution in [0.25, 0.3) is 0 Å². The molecule has 0 aliphatic rings.